The number of rotatable bonds is 11. The zero-order valence-electron chi connectivity index (χ0n) is 21.8. The van der Waals surface area contributed by atoms with E-state index in [1.807, 2.05) is 52.0 Å². The van der Waals surface area contributed by atoms with Crippen molar-refractivity contribution in [2.45, 2.75) is 57.6 Å². The number of hydrogen-bond donors (Lipinski definition) is 1. The molecule has 0 bridgehead atoms. The molecule has 0 aromatic heterocycles. The summed E-state index contributed by atoms with van der Waals surface area (Å²) in [5.74, 6) is -0.732. The third kappa shape index (κ3) is 7.20. The van der Waals surface area contributed by atoms with Crippen LogP contribution in [0, 0.1) is 6.92 Å². The molecule has 1 unspecified atom stereocenters. The maximum absolute atomic E-state index is 13.9. The average molecular weight is 522 g/mol. The van der Waals surface area contributed by atoms with E-state index in [0.29, 0.717) is 12.1 Å². The SMILES string of the molecule is CCC(C(=O)NC(C)C)N(Cc1ccc(C)cc1)C(=O)CN(c1ccccc1)S(=O)(=O)c1ccccc1. The van der Waals surface area contributed by atoms with Crippen LogP contribution >= 0.6 is 0 Å². The lowest BCUT2D eigenvalue weighted by molar-refractivity contribution is -0.140. The maximum atomic E-state index is 13.9. The highest BCUT2D eigenvalue weighted by atomic mass is 32.2. The van der Waals surface area contributed by atoms with Gasteiger partial charge in [0.15, 0.2) is 0 Å². The molecule has 3 aromatic rings. The minimum Gasteiger partial charge on any atom is -0.352 e. The van der Waals surface area contributed by atoms with Crippen LogP contribution in [0.1, 0.15) is 38.3 Å². The Morgan fingerprint density at radius 1 is 0.865 bits per heavy atom. The van der Waals surface area contributed by atoms with E-state index >= 15 is 0 Å². The minimum atomic E-state index is -4.05. The number of carbonyl (C=O) groups is 2. The van der Waals surface area contributed by atoms with E-state index in [1.54, 1.807) is 48.5 Å². The third-order valence-electron chi connectivity index (χ3n) is 5.94. The van der Waals surface area contributed by atoms with Crippen LogP contribution in [0.5, 0.6) is 0 Å². The number of para-hydroxylation sites is 1. The Bertz CT molecular complexity index is 1280. The van der Waals surface area contributed by atoms with Gasteiger partial charge in [-0.3, -0.25) is 13.9 Å². The lowest BCUT2D eigenvalue weighted by Crippen LogP contribution is -2.53. The Morgan fingerprint density at radius 3 is 1.97 bits per heavy atom. The van der Waals surface area contributed by atoms with Crippen LogP contribution < -0.4 is 9.62 Å². The van der Waals surface area contributed by atoms with E-state index < -0.39 is 28.5 Å². The molecule has 37 heavy (non-hydrogen) atoms. The highest BCUT2D eigenvalue weighted by Gasteiger charge is 2.33. The lowest BCUT2D eigenvalue weighted by Gasteiger charge is -2.33. The zero-order chi connectivity index (χ0) is 27.0. The molecule has 0 saturated heterocycles. The molecule has 1 atom stereocenters. The Hall–Kier alpha value is -3.65. The molecule has 1 N–H and O–H groups in total. The molecular formula is C29H35N3O4S. The molecule has 7 nitrogen and oxygen atoms in total. The van der Waals surface area contributed by atoms with Crippen LogP contribution in [-0.2, 0) is 26.2 Å². The molecule has 0 aliphatic carbocycles. The van der Waals surface area contributed by atoms with E-state index in [0.717, 1.165) is 15.4 Å². The largest absolute Gasteiger partial charge is 0.352 e. The van der Waals surface area contributed by atoms with E-state index in [-0.39, 0.29) is 23.4 Å². The van der Waals surface area contributed by atoms with Gasteiger partial charge in [-0.2, -0.15) is 0 Å². The van der Waals surface area contributed by atoms with Crippen molar-refractivity contribution < 1.29 is 18.0 Å². The van der Waals surface area contributed by atoms with Crippen LogP contribution in [0.3, 0.4) is 0 Å². The molecule has 196 valence electrons. The lowest BCUT2D eigenvalue weighted by atomic mass is 10.1. The Morgan fingerprint density at radius 2 is 1.43 bits per heavy atom. The first-order valence-electron chi connectivity index (χ1n) is 12.4. The topological polar surface area (TPSA) is 86.8 Å². The predicted octanol–water partition coefficient (Wildman–Crippen LogP) is 4.52. The van der Waals surface area contributed by atoms with Gasteiger partial charge in [0.25, 0.3) is 10.0 Å². The fourth-order valence-corrected chi connectivity index (χ4v) is 5.47. The van der Waals surface area contributed by atoms with Crippen molar-refractivity contribution in [1.29, 1.82) is 0 Å². The second-order valence-electron chi connectivity index (χ2n) is 9.25. The molecular weight excluding hydrogens is 486 g/mol. The Labute approximate surface area is 220 Å². The molecule has 3 rings (SSSR count). The highest BCUT2D eigenvalue weighted by molar-refractivity contribution is 7.92. The van der Waals surface area contributed by atoms with Gasteiger partial charge in [-0.15, -0.1) is 0 Å². The smallest absolute Gasteiger partial charge is 0.264 e. The van der Waals surface area contributed by atoms with Crippen LogP contribution in [0.15, 0.2) is 89.8 Å². The maximum Gasteiger partial charge on any atom is 0.264 e. The van der Waals surface area contributed by atoms with Gasteiger partial charge in [-0.05, 0) is 57.0 Å². The number of carbonyl (C=O) groups excluding carboxylic acids is 2. The number of nitrogens with zero attached hydrogens (tertiary/aromatic N) is 2. The zero-order valence-corrected chi connectivity index (χ0v) is 22.6. The van der Waals surface area contributed by atoms with E-state index in [1.165, 1.54) is 17.0 Å². The van der Waals surface area contributed by atoms with E-state index in [2.05, 4.69) is 5.32 Å². The van der Waals surface area contributed by atoms with Crippen LogP contribution in [0.2, 0.25) is 0 Å². The van der Waals surface area contributed by atoms with E-state index in [9.17, 15) is 18.0 Å². The summed E-state index contributed by atoms with van der Waals surface area (Å²) in [7, 11) is -4.05. The molecule has 2 amide bonds. The standard InChI is InChI=1S/C29H35N3O4S/c1-5-27(29(34)30-22(2)3)31(20-24-18-16-23(4)17-19-24)28(33)21-32(25-12-8-6-9-13-25)37(35,36)26-14-10-7-11-15-26/h6-19,22,27H,5,20-21H2,1-4H3,(H,30,34). The summed E-state index contributed by atoms with van der Waals surface area (Å²) < 4.78 is 28.5. The van der Waals surface area contributed by atoms with Gasteiger partial charge in [-0.25, -0.2) is 8.42 Å². The Kier molecular flexibility index (Phi) is 9.47. The summed E-state index contributed by atoms with van der Waals surface area (Å²) in [4.78, 5) is 28.6. The number of anilines is 1. The summed E-state index contributed by atoms with van der Waals surface area (Å²) in [5.41, 5.74) is 2.30. The van der Waals surface area contributed by atoms with Gasteiger partial charge < -0.3 is 10.2 Å². The first-order valence-corrected chi connectivity index (χ1v) is 13.9. The molecule has 3 aromatic carbocycles. The molecule has 0 heterocycles. The van der Waals surface area contributed by atoms with Gasteiger partial charge >= 0.3 is 0 Å². The number of aryl methyl sites for hydroxylation is 1. The highest BCUT2D eigenvalue weighted by Crippen LogP contribution is 2.24. The normalized spacial score (nSPS) is 12.1. The number of hydrogen-bond acceptors (Lipinski definition) is 4. The second kappa shape index (κ2) is 12.5. The first-order chi connectivity index (χ1) is 17.6. The quantitative estimate of drug-likeness (QED) is 0.402. The van der Waals surface area contributed by atoms with Crippen molar-refractivity contribution in [3.8, 4) is 0 Å². The van der Waals surface area contributed by atoms with Crippen molar-refractivity contribution in [1.82, 2.24) is 10.2 Å². The summed E-state index contributed by atoms with van der Waals surface area (Å²) >= 11 is 0. The molecule has 8 heteroatoms. The summed E-state index contributed by atoms with van der Waals surface area (Å²) in [6.45, 7) is 7.27. The molecule has 0 aliphatic heterocycles. The summed E-state index contributed by atoms with van der Waals surface area (Å²) in [6.07, 6.45) is 0.382. The van der Waals surface area contributed by atoms with Crippen molar-refractivity contribution in [2.24, 2.45) is 0 Å². The van der Waals surface area contributed by atoms with E-state index in [4.69, 9.17) is 0 Å². The number of amides is 2. The minimum absolute atomic E-state index is 0.0846. The van der Waals surface area contributed by atoms with Gasteiger partial charge in [0.2, 0.25) is 11.8 Å². The number of nitrogens with one attached hydrogen (secondary N) is 1. The van der Waals surface area contributed by atoms with Gasteiger partial charge in [-0.1, -0.05) is 73.2 Å². The average Bonchev–Trinajstić information content (AvgIpc) is 2.88. The number of sulfonamides is 1. The predicted molar refractivity (Wildman–Crippen MR) is 147 cm³/mol. The van der Waals surface area contributed by atoms with Crippen LogP contribution in [0.25, 0.3) is 0 Å². The van der Waals surface area contributed by atoms with Crippen molar-refractivity contribution in [2.75, 3.05) is 10.8 Å². The summed E-state index contributed by atoms with van der Waals surface area (Å²) in [6, 6.07) is 23.4. The van der Waals surface area contributed by atoms with Crippen LogP contribution in [0.4, 0.5) is 5.69 Å². The summed E-state index contributed by atoms with van der Waals surface area (Å²) in [5, 5.41) is 2.90. The fraction of sp³-hybridized carbons (Fsp3) is 0.310. The monoisotopic (exact) mass is 521 g/mol. The first kappa shape index (κ1) is 27.9. The van der Waals surface area contributed by atoms with Gasteiger partial charge in [0.1, 0.15) is 12.6 Å². The molecule has 0 aliphatic rings. The van der Waals surface area contributed by atoms with Crippen molar-refractivity contribution >= 4 is 27.5 Å². The van der Waals surface area contributed by atoms with Crippen molar-refractivity contribution in [3.05, 3.63) is 96.1 Å². The molecule has 0 radical (unpaired) electrons. The Balaban J connectivity index is 2.02. The number of benzene rings is 3. The fourth-order valence-electron chi connectivity index (χ4n) is 4.03. The molecule has 0 fully saturated rings. The van der Waals surface area contributed by atoms with Crippen LogP contribution in [-0.4, -0.2) is 43.8 Å². The van der Waals surface area contributed by atoms with Crippen molar-refractivity contribution in [3.63, 3.8) is 0 Å². The molecule has 0 saturated carbocycles. The van der Waals surface area contributed by atoms with Gasteiger partial charge in [0, 0.05) is 12.6 Å². The van der Waals surface area contributed by atoms with Gasteiger partial charge in [0.05, 0.1) is 10.6 Å². The second-order valence-corrected chi connectivity index (χ2v) is 11.1. The third-order valence-corrected chi connectivity index (χ3v) is 7.73. The molecule has 0 spiro atoms.